The largest absolute Gasteiger partial charge is 0.506 e. The van der Waals surface area contributed by atoms with Crippen LogP contribution < -0.4 is 9.80 Å². The van der Waals surface area contributed by atoms with Gasteiger partial charge in [-0.15, -0.1) is 24.8 Å². The van der Waals surface area contributed by atoms with Gasteiger partial charge in [0.1, 0.15) is 5.75 Å². The van der Waals surface area contributed by atoms with Crippen molar-refractivity contribution in [1.29, 1.82) is 0 Å². The van der Waals surface area contributed by atoms with E-state index >= 15 is 0 Å². The predicted molar refractivity (Wildman–Crippen MR) is 94.7 cm³/mol. The van der Waals surface area contributed by atoms with Gasteiger partial charge in [-0.3, -0.25) is 0 Å². The highest BCUT2D eigenvalue weighted by Crippen LogP contribution is 2.34. The lowest BCUT2D eigenvalue weighted by Crippen LogP contribution is -2.31. The lowest BCUT2D eigenvalue weighted by atomic mass is 10.1. The molecule has 2 saturated heterocycles. The molecule has 1 N–H and O–H groups in total. The lowest BCUT2D eigenvalue weighted by Gasteiger charge is -2.32. The van der Waals surface area contributed by atoms with Crippen molar-refractivity contribution in [1.82, 2.24) is 0 Å². The molecule has 120 valence electrons. The Morgan fingerprint density at radius 2 is 1.24 bits per heavy atom. The first-order valence-electron chi connectivity index (χ1n) is 7.67. The van der Waals surface area contributed by atoms with Crippen molar-refractivity contribution < 1.29 is 5.11 Å². The Hall–Kier alpha value is -0.800. The van der Waals surface area contributed by atoms with Gasteiger partial charge in [0.15, 0.2) is 0 Å². The number of halogens is 2. The van der Waals surface area contributed by atoms with E-state index in [9.17, 15) is 5.11 Å². The molecule has 0 aliphatic carbocycles. The number of rotatable bonds is 2. The Morgan fingerprint density at radius 1 is 0.714 bits per heavy atom. The van der Waals surface area contributed by atoms with Crippen LogP contribution in [-0.4, -0.2) is 31.3 Å². The zero-order valence-corrected chi connectivity index (χ0v) is 14.1. The molecule has 0 bridgehead atoms. The van der Waals surface area contributed by atoms with Gasteiger partial charge in [-0.25, -0.2) is 0 Å². The molecule has 1 aromatic rings. The third-order valence-electron chi connectivity index (χ3n) is 4.38. The summed E-state index contributed by atoms with van der Waals surface area (Å²) < 4.78 is 0. The van der Waals surface area contributed by atoms with E-state index in [1.165, 1.54) is 44.2 Å². The van der Waals surface area contributed by atoms with Gasteiger partial charge in [-0.2, -0.15) is 0 Å². The molecule has 0 spiro atoms. The van der Waals surface area contributed by atoms with E-state index in [-0.39, 0.29) is 24.8 Å². The number of phenols is 1. The Kier molecular flexibility index (Phi) is 7.47. The van der Waals surface area contributed by atoms with E-state index in [4.69, 9.17) is 0 Å². The smallest absolute Gasteiger partial charge is 0.139 e. The maximum absolute atomic E-state index is 10.1. The molecule has 0 unspecified atom stereocenters. The molecule has 2 aliphatic heterocycles. The zero-order valence-electron chi connectivity index (χ0n) is 12.5. The van der Waals surface area contributed by atoms with Gasteiger partial charge in [0, 0.05) is 31.9 Å². The highest BCUT2D eigenvalue weighted by molar-refractivity contribution is 5.85. The molecule has 0 atom stereocenters. The third-order valence-corrected chi connectivity index (χ3v) is 4.38. The summed E-state index contributed by atoms with van der Waals surface area (Å²) in [6, 6.07) is 6.12. The number of aromatic hydroxyl groups is 1. The lowest BCUT2D eigenvalue weighted by molar-refractivity contribution is 0.469. The topological polar surface area (TPSA) is 26.7 Å². The fourth-order valence-corrected chi connectivity index (χ4v) is 3.25. The second kappa shape index (κ2) is 8.60. The van der Waals surface area contributed by atoms with Gasteiger partial charge in [-0.05, 0) is 56.7 Å². The molecule has 2 aliphatic rings. The molecule has 0 radical (unpaired) electrons. The highest BCUT2D eigenvalue weighted by atomic mass is 35.5. The van der Waals surface area contributed by atoms with Crippen molar-refractivity contribution in [2.45, 2.75) is 38.5 Å². The molecule has 0 saturated carbocycles. The van der Waals surface area contributed by atoms with Crippen molar-refractivity contribution in [3.05, 3.63) is 18.2 Å². The third kappa shape index (κ3) is 4.33. The second-order valence-corrected chi connectivity index (χ2v) is 5.77. The van der Waals surface area contributed by atoms with Crippen molar-refractivity contribution in [2.75, 3.05) is 36.0 Å². The second-order valence-electron chi connectivity index (χ2n) is 5.77. The van der Waals surface area contributed by atoms with Crippen LogP contribution in [0.1, 0.15) is 38.5 Å². The maximum atomic E-state index is 10.1. The Morgan fingerprint density at radius 3 is 1.81 bits per heavy atom. The van der Waals surface area contributed by atoms with Crippen LogP contribution in [0.4, 0.5) is 11.4 Å². The first kappa shape index (κ1) is 18.2. The summed E-state index contributed by atoms with van der Waals surface area (Å²) in [7, 11) is 0. The van der Waals surface area contributed by atoms with Crippen LogP contribution in [0.3, 0.4) is 0 Å². The van der Waals surface area contributed by atoms with Gasteiger partial charge >= 0.3 is 0 Å². The molecule has 21 heavy (non-hydrogen) atoms. The van der Waals surface area contributed by atoms with Gasteiger partial charge < -0.3 is 14.9 Å². The van der Waals surface area contributed by atoms with Gasteiger partial charge in [0.25, 0.3) is 0 Å². The van der Waals surface area contributed by atoms with Crippen molar-refractivity contribution >= 4 is 36.2 Å². The highest BCUT2D eigenvalue weighted by Gasteiger charge is 2.17. The van der Waals surface area contributed by atoms with Gasteiger partial charge in [0.05, 0.1) is 5.69 Å². The van der Waals surface area contributed by atoms with E-state index in [0.29, 0.717) is 5.75 Å². The molecule has 3 rings (SSSR count). The summed E-state index contributed by atoms with van der Waals surface area (Å²) in [6.45, 7) is 4.47. The quantitative estimate of drug-likeness (QED) is 0.878. The summed E-state index contributed by atoms with van der Waals surface area (Å²) in [4.78, 5) is 4.79. The maximum Gasteiger partial charge on any atom is 0.139 e. The molecule has 2 heterocycles. The fraction of sp³-hybridized carbons (Fsp3) is 0.625. The number of phenolic OH excluding ortho intramolecular Hbond substituents is 1. The normalized spacial score (nSPS) is 18.7. The molecule has 2 fully saturated rings. The minimum absolute atomic E-state index is 0. The molecule has 1 aromatic carbocycles. The van der Waals surface area contributed by atoms with Crippen LogP contribution in [0.2, 0.25) is 0 Å². The Bertz CT molecular complexity index is 430. The molecule has 0 aromatic heterocycles. The van der Waals surface area contributed by atoms with Crippen LogP contribution in [0.5, 0.6) is 5.75 Å². The number of piperidine rings is 2. The van der Waals surface area contributed by atoms with E-state index < -0.39 is 0 Å². The standard InChI is InChI=1S/C16H24N2O.2ClH/c19-16-8-7-14(17-9-3-1-4-10-17)13-15(16)18-11-5-2-6-12-18;;/h7-8,13,19H,1-6,9-12H2;2*1H. The molecular weight excluding hydrogens is 307 g/mol. The van der Waals surface area contributed by atoms with Crippen LogP contribution in [0.15, 0.2) is 18.2 Å². The fourth-order valence-electron chi connectivity index (χ4n) is 3.25. The summed E-state index contributed by atoms with van der Waals surface area (Å²) >= 11 is 0. The minimum atomic E-state index is 0. The van der Waals surface area contributed by atoms with Crippen LogP contribution in [-0.2, 0) is 0 Å². The van der Waals surface area contributed by atoms with Gasteiger partial charge in [0.2, 0.25) is 0 Å². The van der Waals surface area contributed by atoms with E-state index in [1.54, 1.807) is 0 Å². The first-order valence-corrected chi connectivity index (χ1v) is 7.67. The minimum Gasteiger partial charge on any atom is -0.506 e. The number of benzene rings is 1. The van der Waals surface area contributed by atoms with E-state index in [2.05, 4.69) is 21.9 Å². The molecule has 3 nitrogen and oxygen atoms in total. The SMILES string of the molecule is Cl.Cl.Oc1ccc(N2CCCCC2)cc1N1CCCCC1. The summed E-state index contributed by atoms with van der Waals surface area (Å²) in [5.41, 5.74) is 2.31. The predicted octanol–water partition coefficient (Wildman–Crippen LogP) is 4.22. The van der Waals surface area contributed by atoms with Crippen LogP contribution in [0, 0.1) is 0 Å². The first-order chi connectivity index (χ1) is 9.34. The summed E-state index contributed by atoms with van der Waals surface area (Å²) in [5, 5.41) is 10.1. The van der Waals surface area contributed by atoms with Crippen molar-refractivity contribution in [2.24, 2.45) is 0 Å². The molecule has 0 amide bonds. The number of anilines is 2. The molecular formula is C16H26Cl2N2O. The van der Waals surface area contributed by atoms with Crippen LogP contribution in [0.25, 0.3) is 0 Å². The summed E-state index contributed by atoms with van der Waals surface area (Å²) in [5.74, 6) is 0.433. The average Bonchev–Trinajstić information content (AvgIpc) is 2.49. The van der Waals surface area contributed by atoms with Crippen molar-refractivity contribution in [3.8, 4) is 5.75 Å². The number of hydrogen-bond acceptors (Lipinski definition) is 3. The van der Waals surface area contributed by atoms with E-state index in [0.717, 1.165) is 31.9 Å². The number of nitrogens with zero attached hydrogens (tertiary/aromatic N) is 2. The average molecular weight is 333 g/mol. The van der Waals surface area contributed by atoms with Gasteiger partial charge in [-0.1, -0.05) is 0 Å². The Balaban J connectivity index is 0.00000110. The summed E-state index contributed by atoms with van der Waals surface area (Å²) in [6.07, 6.45) is 7.75. The zero-order chi connectivity index (χ0) is 13.1. The van der Waals surface area contributed by atoms with E-state index in [1.807, 2.05) is 6.07 Å². The molecule has 5 heteroatoms. The Labute approximate surface area is 140 Å². The van der Waals surface area contributed by atoms with Crippen LogP contribution >= 0.6 is 24.8 Å². The monoisotopic (exact) mass is 332 g/mol. The van der Waals surface area contributed by atoms with Crippen molar-refractivity contribution in [3.63, 3.8) is 0 Å². The number of hydrogen-bond donors (Lipinski definition) is 1.